The number of nitrogens with two attached hydrogens (primary N) is 1. The Labute approximate surface area is 124 Å². The van der Waals surface area contributed by atoms with E-state index in [-0.39, 0.29) is 6.10 Å². The van der Waals surface area contributed by atoms with Crippen molar-refractivity contribution in [3.05, 3.63) is 36.4 Å². The molecule has 2 rings (SSSR count). The van der Waals surface area contributed by atoms with Crippen molar-refractivity contribution in [3.63, 3.8) is 0 Å². The topological polar surface area (TPSA) is 82.3 Å². The number of nitrogens with one attached hydrogen (secondary N) is 1. The fourth-order valence-electron chi connectivity index (χ4n) is 1.72. The van der Waals surface area contributed by atoms with Crippen molar-refractivity contribution in [2.24, 2.45) is 5.84 Å². The number of nitrogen functional groups attached to an aromatic ring is 1. The van der Waals surface area contributed by atoms with Crippen LogP contribution in [0.2, 0.25) is 0 Å². The number of nitrogens with zero attached hydrogens (tertiary/aromatic N) is 2. The van der Waals surface area contributed by atoms with Crippen molar-refractivity contribution < 1.29 is 9.47 Å². The van der Waals surface area contributed by atoms with Crippen LogP contribution in [0.25, 0.3) is 11.4 Å². The van der Waals surface area contributed by atoms with Crippen molar-refractivity contribution in [2.45, 2.75) is 20.0 Å². The van der Waals surface area contributed by atoms with Crippen LogP contribution in [-0.4, -0.2) is 29.3 Å². The molecule has 0 unspecified atom stereocenters. The average Bonchev–Trinajstić information content (AvgIpc) is 2.52. The van der Waals surface area contributed by atoms with E-state index in [1.54, 1.807) is 6.07 Å². The standard InChI is InChI=1S/C15H20N4O2/c1-11(2)20-8-9-21-14-10-13(19-16)17-15(18-14)12-6-4-3-5-7-12/h3-7,10-11H,8-9,16H2,1-2H3,(H,17,18,19). The highest BCUT2D eigenvalue weighted by atomic mass is 16.5. The summed E-state index contributed by atoms with van der Waals surface area (Å²) < 4.78 is 11.0. The predicted octanol–water partition coefficient (Wildman–Crippen LogP) is 2.23. The molecule has 1 aromatic carbocycles. The maximum atomic E-state index is 5.59. The zero-order valence-corrected chi connectivity index (χ0v) is 12.2. The first-order valence-electron chi connectivity index (χ1n) is 6.84. The van der Waals surface area contributed by atoms with Crippen LogP contribution in [0, 0.1) is 0 Å². The molecule has 6 nitrogen and oxygen atoms in total. The lowest BCUT2D eigenvalue weighted by molar-refractivity contribution is 0.0542. The molecule has 0 fully saturated rings. The molecule has 0 saturated carbocycles. The van der Waals surface area contributed by atoms with E-state index in [1.807, 2.05) is 44.2 Å². The SMILES string of the molecule is CC(C)OCCOc1cc(NN)nc(-c2ccccc2)n1. The van der Waals surface area contributed by atoms with Crippen LogP contribution in [0.3, 0.4) is 0 Å². The molecule has 0 aliphatic rings. The molecule has 0 aliphatic heterocycles. The Hall–Kier alpha value is -2.18. The fourth-order valence-corrected chi connectivity index (χ4v) is 1.72. The molecule has 6 heteroatoms. The maximum absolute atomic E-state index is 5.59. The highest BCUT2D eigenvalue weighted by molar-refractivity contribution is 5.57. The van der Waals surface area contributed by atoms with Gasteiger partial charge < -0.3 is 14.9 Å². The normalized spacial score (nSPS) is 10.7. The largest absolute Gasteiger partial charge is 0.475 e. The second-order valence-corrected chi connectivity index (χ2v) is 4.69. The van der Waals surface area contributed by atoms with E-state index in [9.17, 15) is 0 Å². The minimum atomic E-state index is 0.181. The summed E-state index contributed by atoms with van der Waals surface area (Å²) >= 11 is 0. The number of rotatable bonds is 7. The number of hydrogen-bond donors (Lipinski definition) is 2. The third kappa shape index (κ3) is 4.70. The van der Waals surface area contributed by atoms with E-state index >= 15 is 0 Å². The van der Waals surface area contributed by atoms with Gasteiger partial charge in [-0.25, -0.2) is 10.8 Å². The third-order valence-corrected chi connectivity index (χ3v) is 2.67. The monoisotopic (exact) mass is 288 g/mol. The van der Waals surface area contributed by atoms with Crippen LogP contribution in [0.15, 0.2) is 36.4 Å². The van der Waals surface area contributed by atoms with Gasteiger partial charge in [0.2, 0.25) is 5.88 Å². The number of ether oxygens (including phenoxy) is 2. The van der Waals surface area contributed by atoms with Crippen LogP contribution in [0.1, 0.15) is 13.8 Å². The molecule has 0 spiro atoms. The molecule has 1 heterocycles. The van der Waals surface area contributed by atoms with Crippen molar-refractivity contribution >= 4 is 5.82 Å². The predicted molar refractivity (Wildman–Crippen MR) is 81.9 cm³/mol. The summed E-state index contributed by atoms with van der Waals surface area (Å²) in [4.78, 5) is 8.70. The molecule has 21 heavy (non-hydrogen) atoms. The molecule has 1 aromatic heterocycles. The third-order valence-electron chi connectivity index (χ3n) is 2.67. The van der Waals surface area contributed by atoms with Crippen molar-refractivity contribution in [1.82, 2.24) is 9.97 Å². The quantitative estimate of drug-likeness (QED) is 0.462. The Balaban J connectivity index is 2.11. The van der Waals surface area contributed by atoms with Crippen LogP contribution < -0.4 is 16.0 Å². The van der Waals surface area contributed by atoms with E-state index in [0.717, 1.165) is 5.56 Å². The molecular weight excluding hydrogens is 268 g/mol. The van der Waals surface area contributed by atoms with Crippen LogP contribution >= 0.6 is 0 Å². The summed E-state index contributed by atoms with van der Waals surface area (Å²) in [7, 11) is 0. The lowest BCUT2D eigenvalue weighted by Crippen LogP contribution is -2.13. The maximum Gasteiger partial charge on any atom is 0.219 e. The smallest absolute Gasteiger partial charge is 0.219 e. The Morgan fingerprint density at radius 3 is 2.57 bits per heavy atom. The Bertz CT molecular complexity index is 561. The first kappa shape index (κ1) is 15.2. The highest BCUT2D eigenvalue weighted by Crippen LogP contribution is 2.20. The van der Waals surface area contributed by atoms with E-state index in [0.29, 0.717) is 30.7 Å². The molecule has 0 bridgehead atoms. The van der Waals surface area contributed by atoms with Gasteiger partial charge in [0, 0.05) is 11.6 Å². The van der Waals surface area contributed by atoms with E-state index < -0.39 is 0 Å². The number of hydrazine groups is 1. The molecule has 2 aromatic rings. The van der Waals surface area contributed by atoms with Gasteiger partial charge in [-0.1, -0.05) is 30.3 Å². The molecule has 0 aliphatic carbocycles. The molecule has 0 radical (unpaired) electrons. The molecule has 112 valence electrons. The van der Waals surface area contributed by atoms with Gasteiger partial charge in [0.1, 0.15) is 12.4 Å². The lowest BCUT2D eigenvalue weighted by Gasteiger charge is -2.11. The zero-order chi connectivity index (χ0) is 15.1. The zero-order valence-electron chi connectivity index (χ0n) is 12.2. The van der Waals surface area contributed by atoms with Gasteiger partial charge in [-0.2, -0.15) is 4.98 Å². The number of aromatic nitrogens is 2. The van der Waals surface area contributed by atoms with E-state index in [4.69, 9.17) is 15.3 Å². The van der Waals surface area contributed by atoms with Crippen LogP contribution in [0.4, 0.5) is 5.82 Å². The number of hydrogen-bond acceptors (Lipinski definition) is 6. The van der Waals surface area contributed by atoms with Gasteiger partial charge in [0.25, 0.3) is 0 Å². The summed E-state index contributed by atoms with van der Waals surface area (Å²) in [6.07, 6.45) is 0.181. The number of benzene rings is 1. The van der Waals surface area contributed by atoms with Gasteiger partial charge in [0.05, 0.1) is 12.7 Å². The van der Waals surface area contributed by atoms with Gasteiger partial charge in [-0.15, -0.1) is 0 Å². The van der Waals surface area contributed by atoms with Crippen molar-refractivity contribution in [1.29, 1.82) is 0 Å². The van der Waals surface area contributed by atoms with E-state index in [2.05, 4.69) is 15.4 Å². The Morgan fingerprint density at radius 2 is 1.90 bits per heavy atom. The molecular formula is C15H20N4O2. The summed E-state index contributed by atoms with van der Waals surface area (Å²) in [5.41, 5.74) is 3.42. The van der Waals surface area contributed by atoms with Gasteiger partial charge in [-0.3, -0.25) is 0 Å². The Kier molecular flexibility index (Phi) is 5.48. The first-order chi connectivity index (χ1) is 10.2. The number of anilines is 1. The lowest BCUT2D eigenvalue weighted by atomic mass is 10.2. The van der Waals surface area contributed by atoms with Crippen molar-refractivity contribution in [2.75, 3.05) is 18.6 Å². The Morgan fingerprint density at radius 1 is 1.14 bits per heavy atom. The molecule has 3 N–H and O–H groups in total. The minimum Gasteiger partial charge on any atom is -0.475 e. The first-order valence-corrected chi connectivity index (χ1v) is 6.84. The minimum absolute atomic E-state index is 0.181. The van der Waals surface area contributed by atoms with E-state index in [1.165, 1.54) is 0 Å². The van der Waals surface area contributed by atoms with Crippen molar-refractivity contribution in [3.8, 4) is 17.3 Å². The van der Waals surface area contributed by atoms with Gasteiger partial charge in [-0.05, 0) is 13.8 Å². The average molecular weight is 288 g/mol. The van der Waals surface area contributed by atoms with Crippen LogP contribution in [0.5, 0.6) is 5.88 Å². The summed E-state index contributed by atoms with van der Waals surface area (Å²) in [6, 6.07) is 11.3. The summed E-state index contributed by atoms with van der Waals surface area (Å²) in [5, 5.41) is 0. The van der Waals surface area contributed by atoms with Gasteiger partial charge in [0.15, 0.2) is 5.82 Å². The van der Waals surface area contributed by atoms with Gasteiger partial charge >= 0.3 is 0 Å². The molecule has 0 atom stereocenters. The highest BCUT2D eigenvalue weighted by Gasteiger charge is 2.07. The fraction of sp³-hybridized carbons (Fsp3) is 0.333. The summed E-state index contributed by atoms with van der Waals surface area (Å²) in [6.45, 7) is 4.89. The second-order valence-electron chi connectivity index (χ2n) is 4.69. The van der Waals surface area contributed by atoms with Crippen LogP contribution in [-0.2, 0) is 4.74 Å². The second kappa shape index (κ2) is 7.56. The summed E-state index contributed by atoms with van der Waals surface area (Å²) in [5.74, 6) is 6.97. The molecule has 0 saturated heterocycles. The molecule has 0 amide bonds.